The minimum atomic E-state index is -0.182. The van der Waals surface area contributed by atoms with E-state index in [1.165, 1.54) is 38.2 Å². The van der Waals surface area contributed by atoms with E-state index in [1.807, 2.05) is 6.07 Å². The fraction of sp³-hybridized carbons (Fsp3) is 0.571. The Morgan fingerprint density at radius 2 is 2.00 bits per heavy atom. The molecule has 16 heavy (non-hydrogen) atoms. The maximum Gasteiger partial charge on any atom is 0.123 e. The SMILES string of the molecule is Fc1cccc(COCC2CCCCC2)c1. The zero-order valence-corrected chi connectivity index (χ0v) is 9.62. The van der Waals surface area contributed by atoms with Gasteiger partial charge >= 0.3 is 0 Å². The summed E-state index contributed by atoms with van der Waals surface area (Å²) in [6.45, 7) is 1.37. The summed E-state index contributed by atoms with van der Waals surface area (Å²) >= 11 is 0. The van der Waals surface area contributed by atoms with Crippen LogP contribution in [0.2, 0.25) is 0 Å². The molecule has 1 nitrogen and oxygen atoms in total. The normalized spacial score (nSPS) is 17.6. The lowest BCUT2D eigenvalue weighted by Crippen LogP contribution is -2.13. The second-order valence-corrected chi connectivity index (χ2v) is 4.65. The summed E-state index contributed by atoms with van der Waals surface area (Å²) in [5.74, 6) is 0.543. The van der Waals surface area contributed by atoms with E-state index in [9.17, 15) is 4.39 Å². The average Bonchev–Trinajstić information content (AvgIpc) is 2.30. The van der Waals surface area contributed by atoms with E-state index in [-0.39, 0.29) is 5.82 Å². The molecule has 2 heteroatoms. The van der Waals surface area contributed by atoms with Crippen molar-refractivity contribution in [2.75, 3.05) is 6.61 Å². The monoisotopic (exact) mass is 222 g/mol. The van der Waals surface area contributed by atoms with Crippen LogP contribution in [0.3, 0.4) is 0 Å². The summed E-state index contributed by atoms with van der Waals surface area (Å²) in [7, 11) is 0. The highest BCUT2D eigenvalue weighted by Gasteiger charge is 2.13. The molecule has 0 saturated heterocycles. The lowest BCUT2D eigenvalue weighted by Gasteiger charge is -2.21. The summed E-state index contributed by atoms with van der Waals surface area (Å²) in [6, 6.07) is 6.64. The van der Waals surface area contributed by atoms with Crippen molar-refractivity contribution >= 4 is 0 Å². The molecule has 0 atom stereocenters. The van der Waals surface area contributed by atoms with E-state index in [1.54, 1.807) is 12.1 Å². The highest BCUT2D eigenvalue weighted by molar-refractivity contribution is 5.15. The molecule has 1 saturated carbocycles. The molecule has 0 radical (unpaired) electrons. The Labute approximate surface area is 96.6 Å². The van der Waals surface area contributed by atoms with Gasteiger partial charge in [0.1, 0.15) is 5.82 Å². The molecular formula is C14H19FO. The molecule has 1 aromatic rings. The van der Waals surface area contributed by atoms with Crippen molar-refractivity contribution in [2.45, 2.75) is 38.7 Å². The number of ether oxygens (including phenoxy) is 1. The number of hydrogen-bond donors (Lipinski definition) is 0. The van der Waals surface area contributed by atoms with Crippen molar-refractivity contribution in [1.29, 1.82) is 0 Å². The summed E-state index contributed by atoms with van der Waals surface area (Å²) in [6.07, 6.45) is 6.65. The Balaban J connectivity index is 1.71. The van der Waals surface area contributed by atoms with Gasteiger partial charge in [0.25, 0.3) is 0 Å². The predicted molar refractivity (Wildman–Crippen MR) is 62.6 cm³/mol. The van der Waals surface area contributed by atoms with Gasteiger partial charge in [-0.05, 0) is 36.5 Å². The summed E-state index contributed by atoms with van der Waals surface area (Å²) in [5, 5.41) is 0. The molecular weight excluding hydrogens is 203 g/mol. The third kappa shape index (κ3) is 3.60. The van der Waals surface area contributed by atoms with Crippen molar-refractivity contribution in [3.05, 3.63) is 35.6 Å². The van der Waals surface area contributed by atoms with Gasteiger partial charge in [-0.25, -0.2) is 4.39 Å². The van der Waals surface area contributed by atoms with Crippen LogP contribution in [-0.4, -0.2) is 6.61 Å². The van der Waals surface area contributed by atoms with Crippen molar-refractivity contribution in [1.82, 2.24) is 0 Å². The second kappa shape index (κ2) is 6.00. The number of hydrogen-bond acceptors (Lipinski definition) is 1. The van der Waals surface area contributed by atoms with Gasteiger partial charge in [0.2, 0.25) is 0 Å². The molecule has 1 aliphatic carbocycles. The van der Waals surface area contributed by atoms with Gasteiger partial charge in [0, 0.05) is 6.61 Å². The third-order valence-electron chi connectivity index (χ3n) is 3.24. The van der Waals surface area contributed by atoms with Crippen molar-refractivity contribution in [3.63, 3.8) is 0 Å². The first-order valence-electron chi connectivity index (χ1n) is 6.17. The highest BCUT2D eigenvalue weighted by atomic mass is 19.1. The van der Waals surface area contributed by atoms with E-state index < -0.39 is 0 Å². The van der Waals surface area contributed by atoms with Crippen LogP contribution >= 0.6 is 0 Å². The molecule has 0 amide bonds. The summed E-state index contributed by atoms with van der Waals surface area (Å²) < 4.78 is 18.5. The second-order valence-electron chi connectivity index (χ2n) is 4.65. The van der Waals surface area contributed by atoms with Crippen LogP contribution in [0.25, 0.3) is 0 Å². The van der Waals surface area contributed by atoms with Crippen LogP contribution in [0.1, 0.15) is 37.7 Å². The lowest BCUT2D eigenvalue weighted by molar-refractivity contribution is 0.0738. The smallest absolute Gasteiger partial charge is 0.123 e. The van der Waals surface area contributed by atoms with Crippen LogP contribution in [-0.2, 0) is 11.3 Å². The maximum atomic E-state index is 12.9. The molecule has 0 N–H and O–H groups in total. The van der Waals surface area contributed by atoms with E-state index in [0.29, 0.717) is 6.61 Å². The Hall–Kier alpha value is -0.890. The van der Waals surface area contributed by atoms with Crippen LogP contribution < -0.4 is 0 Å². The fourth-order valence-electron chi connectivity index (χ4n) is 2.32. The standard InChI is InChI=1S/C14H19FO/c15-14-8-4-7-13(9-14)11-16-10-12-5-2-1-3-6-12/h4,7-9,12H,1-3,5-6,10-11H2. The first kappa shape index (κ1) is 11.6. The van der Waals surface area contributed by atoms with Crippen molar-refractivity contribution in [2.24, 2.45) is 5.92 Å². The van der Waals surface area contributed by atoms with Gasteiger partial charge in [-0.15, -0.1) is 0 Å². The molecule has 88 valence electrons. The maximum absolute atomic E-state index is 12.9. The summed E-state index contributed by atoms with van der Waals surface area (Å²) in [5.41, 5.74) is 0.927. The van der Waals surface area contributed by atoms with E-state index in [0.717, 1.165) is 18.1 Å². The predicted octanol–water partition coefficient (Wildman–Crippen LogP) is 3.92. The highest BCUT2D eigenvalue weighted by Crippen LogP contribution is 2.23. The van der Waals surface area contributed by atoms with Gasteiger partial charge in [-0.3, -0.25) is 0 Å². The van der Waals surface area contributed by atoms with Gasteiger partial charge in [0.15, 0.2) is 0 Å². The number of benzene rings is 1. The quantitative estimate of drug-likeness (QED) is 0.750. The molecule has 1 aliphatic rings. The minimum absolute atomic E-state index is 0.182. The average molecular weight is 222 g/mol. The molecule has 0 bridgehead atoms. The molecule has 2 rings (SSSR count). The van der Waals surface area contributed by atoms with Gasteiger partial charge in [-0.2, -0.15) is 0 Å². The van der Waals surface area contributed by atoms with Crippen molar-refractivity contribution in [3.8, 4) is 0 Å². The molecule has 0 heterocycles. The van der Waals surface area contributed by atoms with Crippen molar-refractivity contribution < 1.29 is 9.13 Å². The third-order valence-corrected chi connectivity index (χ3v) is 3.24. The zero-order valence-electron chi connectivity index (χ0n) is 9.62. The van der Waals surface area contributed by atoms with Crippen LogP contribution in [0.5, 0.6) is 0 Å². The first-order valence-corrected chi connectivity index (χ1v) is 6.17. The van der Waals surface area contributed by atoms with E-state index in [4.69, 9.17) is 4.74 Å². The number of halogens is 1. The van der Waals surface area contributed by atoms with Crippen LogP contribution in [0.4, 0.5) is 4.39 Å². The Morgan fingerprint density at radius 1 is 1.19 bits per heavy atom. The summed E-state index contributed by atoms with van der Waals surface area (Å²) in [4.78, 5) is 0. The lowest BCUT2D eigenvalue weighted by atomic mass is 9.90. The van der Waals surface area contributed by atoms with Gasteiger partial charge in [0.05, 0.1) is 6.61 Å². The topological polar surface area (TPSA) is 9.23 Å². The van der Waals surface area contributed by atoms with Gasteiger partial charge in [-0.1, -0.05) is 31.4 Å². The fourth-order valence-corrected chi connectivity index (χ4v) is 2.32. The largest absolute Gasteiger partial charge is 0.376 e. The van der Waals surface area contributed by atoms with Gasteiger partial charge < -0.3 is 4.74 Å². The molecule has 1 fully saturated rings. The van der Waals surface area contributed by atoms with Crippen LogP contribution in [0.15, 0.2) is 24.3 Å². The molecule has 0 aromatic heterocycles. The molecule has 0 unspecified atom stereocenters. The Morgan fingerprint density at radius 3 is 2.75 bits per heavy atom. The van der Waals surface area contributed by atoms with E-state index in [2.05, 4.69) is 0 Å². The minimum Gasteiger partial charge on any atom is -0.376 e. The Kier molecular flexibility index (Phi) is 4.34. The van der Waals surface area contributed by atoms with Crippen LogP contribution in [0, 0.1) is 11.7 Å². The number of rotatable bonds is 4. The molecule has 0 aliphatic heterocycles. The Bertz CT molecular complexity index is 318. The first-order chi connectivity index (χ1) is 7.84. The molecule has 1 aromatic carbocycles. The van der Waals surface area contributed by atoms with E-state index >= 15 is 0 Å². The zero-order chi connectivity index (χ0) is 11.2. The molecule has 0 spiro atoms.